The highest BCUT2D eigenvalue weighted by Crippen LogP contribution is 2.26. The van der Waals surface area contributed by atoms with E-state index >= 15 is 0 Å². The number of aromatic hydroxyl groups is 1. The second-order valence-corrected chi connectivity index (χ2v) is 6.68. The van der Waals surface area contributed by atoms with Crippen molar-refractivity contribution in [2.75, 3.05) is 5.32 Å². The largest absolute Gasteiger partial charge is 0.508 e. The molecule has 0 amide bonds. The summed E-state index contributed by atoms with van der Waals surface area (Å²) in [5.74, 6) is 1.06. The SMILES string of the molecule is C=Cc1ccc(O)cc1NC1=C(C)NC(/C(=C\C(C)=N)CCC)N1.CCC. The summed E-state index contributed by atoms with van der Waals surface area (Å²) >= 11 is 0. The van der Waals surface area contributed by atoms with Gasteiger partial charge in [0.25, 0.3) is 0 Å². The molecule has 0 bridgehead atoms. The first kappa shape index (κ1) is 22.4. The summed E-state index contributed by atoms with van der Waals surface area (Å²) < 4.78 is 0. The van der Waals surface area contributed by atoms with E-state index in [2.05, 4.69) is 43.3 Å². The van der Waals surface area contributed by atoms with Gasteiger partial charge in [0.2, 0.25) is 0 Å². The van der Waals surface area contributed by atoms with Gasteiger partial charge in [0.1, 0.15) is 17.7 Å². The molecule has 1 aliphatic rings. The van der Waals surface area contributed by atoms with E-state index in [9.17, 15) is 5.11 Å². The van der Waals surface area contributed by atoms with Crippen molar-refractivity contribution in [1.29, 1.82) is 5.41 Å². The Kier molecular flexibility index (Phi) is 9.20. The molecule has 5 N–H and O–H groups in total. The molecule has 0 spiro atoms. The van der Waals surface area contributed by atoms with E-state index in [4.69, 9.17) is 5.41 Å². The number of hydrogen-bond acceptors (Lipinski definition) is 5. The van der Waals surface area contributed by atoms with Crippen molar-refractivity contribution in [2.24, 2.45) is 0 Å². The molecule has 0 saturated carbocycles. The zero-order valence-corrected chi connectivity index (χ0v) is 17.2. The van der Waals surface area contributed by atoms with Crippen molar-refractivity contribution >= 4 is 17.5 Å². The number of nitrogens with one attached hydrogen (secondary N) is 4. The van der Waals surface area contributed by atoms with E-state index in [0.29, 0.717) is 5.71 Å². The number of phenols is 1. The van der Waals surface area contributed by atoms with Crippen molar-refractivity contribution in [2.45, 2.75) is 60.0 Å². The molecule has 5 heteroatoms. The van der Waals surface area contributed by atoms with E-state index in [1.165, 1.54) is 6.42 Å². The number of rotatable bonds is 7. The summed E-state index contributed by atoms with van der Waals surface area (Å²) in [6.07, 6.45) is 6.82. The lowest BCUT2D eigenvalue weighted by Gasteiger charge is -2.19. The highest BCUT2D eigenvalue weighted by atomic mass is 16.3. The molecule has 0 aromatic heterocycles. The topological polar surface area (TPSA) is 80.2 Å². The molecular formula is C22H34N4O. The number of phenolic OH excluding ortho intramolecular Hbond substituents is 1. The van der Waals surface area contributed by atoms with Crippen LogP contribution >= 0.6 is 0 Å². The first-order chi connectivity index (χ1) is 12.9. The molecule has 0 radical (unpaired) electrons. The summed E-state index contributed by atoms with van der Waals surface area (Å²) in [5.41, 5.74) is 4.39. The van der Waals surface area contributed by atoms with Gasteiger partial charge in [-0.25, -0.2) is 0 Å². The average Bonchev–Trinajstić information content (AvgIpc) is 2.96. The third kappa shape index (κ3) is 6.85. The molecule has 1 heterocycles. The van der Waals surface area contributed by atoms with Crippen LogP contribution in [0.15, 0.2) is 47.9 Å². The van der Waals surface area contributed by atoms with Crippen LogP contribution in [0.1, 0.15) is 59.4 Å². The van der Waals surface area contributed by atoms with Gasteiger partial charge in [-0.2, -0.15) is 0 Å². The Bertz CT molecular complexity index is 719. The highest BCUT2D eigenvalue weighted by molar-refractivity contribution is 5.90. The molecule has 0 aliphatic carbocycles. The minimum Gasteiger partial charge on any atom is -0.508 e. The second-order valence-electron chi connectivity index (χ2n) is 6.68. The number of benzene rings is 1. The molecule has 5 nitrogen and oxygen atoms in total. The number of anilines is 1. The smallest absolute Gasteiger partial charge is 0.124 e. The summed E-state index contributed by atoms with van der Waals surface area (Å²) in [6, 6.07) is 5.14. The maximum absolute atomic E-state index is 9.72. The van der Waals surface area contributed by atoms with Gasteiger partial charge in [-0.3, -0.25) is 0 Å². The Morgan fingerprint density at radius 3 is 2.52 bits per heavy atom. The summed E-state index contributed by atoms with van der Waals surface area (Å²) in [4.78, 5) is 0. The van der Waals surface area contributed by atoms with E-state index < -0.39 is 0 Å². The Hall–Kier alpha value is -2.69. The van der Waals surface area contributed by atoms with Crippen LogP contribution in [0.4, 0.5) is 5.69 Å². The zero-order valence-electron chi connectivity index (χ0n) is 17.2. The van der Waals surface area contributed by atoms with Gasteiger partial charge in [0, 0.05) is 11.8 Å². The number of allylic oxidation sites excluding steroid dienone is 2. The molecule has 1 aromatic carbocycles. The predicted molar refractivity (Wildman–Crippen MR) is 117 cm³/mol. The van der Waals surface area contributed by atoms with Gasteiger partial charge in [-0.15, -0.1) is 0 Å². The van der Waals surface area contributed by atoms with Crippen LogP contribution in [0.25, 0.3) is 6.08 Å². The monoisotopic (exact) mass is 370 g/mol. The van der Waals surface area contributed by atoms with Gasteiger partial charge < -0.3 is 26.5 Å². The van der Waals surface area contributed by atoms with Gasteiger partial charge in [0.05, 0.1) is 11.4 Å². The molecular weight excluding hydrogens is 336 g/mol. The normalized spacial score (nSPS) is 16.0. The van der Waals surface area contributed by atoms with Crippen molar-refractivity contribution in [1.82, 2.24) is 10.6 Å². The van der Waals surface area contributed by atoms with Crippen molar-refractivity contribution < 1.29 is 5.11 Å². The summed E-state index contributed by atoms with van der Waals surface area (Å²) in [6.45, 7) is 14.0. The third-order valence-electron chi connectivity index (χ3n) is 3.85. The standard InChI is InChI=1S/C19H26N4O.C3H8/c1-5-7-15(10-12(3)20)19-21-13(4)18(23-19)22-17-11-16(24)9-8-14(17)6-2;1-3-2/h6,8-11,19-24H,2,5,7H2,1,3-4H3;3H2,1-2H3/b15-10-,20-12?;. The Labute approximate surface area is 163 Å². The molecule has 2 rings (SSSR count). The van der Waals surface area contributed by atoms with Crippen molar-refractivity contribution in [3.63, 3.8) is 0 Å². The summed E-state index contributed by atoms with van der Waals surface area (Å²) in [5, 5.41) is 27.6. The van der Waals surface area contributed by atoms with Crippen LogP contribution in [0.5, 0.6) is 5.75 Å². The van der Waals surface area contributed by atoms with E-state index in [0.717, 1.165) is 41.2 Å². The van der Waals surface area contributed by atoms with E-state index in [1.54, 1.807) is 25.1 Å². The average molecular weight is 371 g/mol. The molecule has 1 atom stereocenters. The lowest BCUT2D eigenvalue weighted by Crippen LogP contribution is -2.36. The zero-order chi connectivity index (χ0) is 20.4. The van der Waals surface area contributed by atoms with Crippen LogP contribution in [-0.2, 0) is 0 Å². The highest BCUT2D eigenvalue weighted by Gasteiger charge is 2.23. The fraction of sp³-hybridized carbons (Fsp3) is 0.409. The van der Waals surface area contributed by atoms with Gasteiger partial charge >= 0.3 is 0 Å². The fourth-order valence-corrected chi connectivity index (χ4v) is 2.72. The molecule has 1 aliphatic heterocycles. The van der Waals surface area contributed by atoms with Gasteiger partial charge in [-0.1, -0.05) is 46.3 Å². The Morgan fingerprint density at radius 2 is 1.96 bits per heavy atom. The van der Waals surface area contributed by atoms with Crippen LogP contribution in [0, 0.1) is 5.41 Å². The molecule has 148 valence electrons. The van der Waals surface area contributed by atoms with Gasteiger partial charge in [-0.05, 0) is 49.6 Å². The minimum absolute atomic E-state index is 0.0303. The maximum atomic E-state index is 9.72. The van der Waals surface area contributed by atoms with Gasteiger partial charge in [0.15, 0.2) is 0 Å². The quantitative estimate of drug-likeness (QED) is 0.420. The lowest BCUT2D eigenvalue weighted by molar-refractivity contribution is 0.475. The third-order valence-corrected chi connectivity index (χ3v) is 3.85. The van der Waals surface area contributed by atoms with Crippen LogP contribution in [-0.4, -0.2) is 17.0 Å². The van der Waals surface area contributed by atoms with Crippen LogP contribution in [0.2, 0.25) is 0 Å². The Balaban J connectivity index is 0.00000114. The molecule has 1 unspecified atom stereocenters. The fourth-order valence-electron chi connectivity index (χ4n) is 2.72. The molecule has 0 fully saturated rings. The van der Waals surface area contributed by atoms with E-state index in [1.807, 2.05) is 19.1 Å². The summed E-state index contributed by atoms with van der Waals surface area (Å²) in [7, 11) is 0. The van der Waals surface area contributed by atoms with Crippen LogP contribution < -0.4 is 16.0 Å². The molecule has 1 aromatic rings. The van der Waals surface area contributed by atoms with Crippen LogP contribution in [0.3, 0.4) is 0 Å². The molecule has 0 saturated heterocycles. The maximum Gasteiger partial charge on any atom is 0.124 e. The number of hydrogen-bond donors (Lipinski definition) is 5. The minimum atomic E-state index is -0.0303. The predicted octanol–water partition coefficient (Wildman–Crippen LogP) is 5.34. The molecule has 27 heavy (non-hydrogen) atoms. The first-order valence-electron chi connectivity index (χ1n) is 9.58. The lowest BCUT2D eigenvalue weighted by atomic mass is 10.1. The van der Waals surface area contributed by atoms with E-state index in [-0.39, 0.29) is 11.9 Å². The first-order valence-corrected chi connectivity index (χ1v) is 9.58. The van der Waals surface area contributed by atoms with Crippen molar-refractivity contribution in [3.05, 3.63) is 53.5 Å². The Morgan fingerprint density at radius 1 is 1.30 bits per heavy atom. The van der Waals surface area contributed by atoms with Crippen molar-refractivity contribution in [3.8, 4) is 5.75 Å². The second kappa shape index (κ2) is 11.1.